The molecule has 0 saturated carbocycles. The smallest absolute Gasteiger partial charge is 0.252 e. The van der Waals surface area contributed by atoms with Gasteiger partial charge in [-0.3, -0.25) is 0 Å². The Labute approximate surface area is 175 Å². The summed E-state index contributed by atoms with van der Waals surface area (Å²) < 4.78 is 29.8. The third-order valence-corrected chi connectivity index (χ3v) is 8.85. The molecule has 1 saturated heterocycles. The minimum Gasteiger partial charge on any atom is -0.366 e. The van der Waals surface area contributed by atoms with Crippen molar-refractivity contribution in [2.75, 3.05) is 31.1 Å². The molecule has 29 heavy (non-hydrogen) atoms. The SMILES string of the molecule is CCc1ccc(S(=O)(=O)N2CCN(c3c(C)nn(-c4ccccn4)c3C)CC2)s1. The number of rotatable bonds is 5. The molecule has 0 radical (unpaired) electrons. The van der Waals surface area contributed by atoms with Crippen LogP contribution >= 0.6 is 11.3 Å². The van der Waals surface area contributed by atoms with Crippen LogP contribution in [-0.2, 0) is 16.4 Å². The Bertz CT molecular complexity index is 1100. The highest BCUT2D eigenvalue weighted by atomic mass is 32.2. The number of anilines is 1. The van der Waals surface area contributed by atoms with E-state index in [1.165, 1.54) is 11.3 Å². The number of nitrogens with zero attached hydrogens (tertiary/aromatic N) is 5. The highest BCUT2D eigenvalue weighted by molar-refractivity contribution is 7.91. The average molecular weight is 432 g/mol. The van der Waals surface area contributed by atoms with Crippen molar-refractivity contribution in [2.45, 2.75) is 31.4 Å². The number of aryl methyl sites for hydroxylation is 2. The Morgan fingerprint density at radius 2 is 1.83 bits per heavy atom. The van der Waals surface area contributed by atoms with Gasteiger partial charge in [-0.2, -0.15) is 9.40 Å². The molecule has 7 nitrogen and oxygen atoms in total. The summed E-state index contributed by atoms with van der Waals surface area (Å²) in [5.41, 5.74) is 3.01. The normalized spacial score (nSPS) is 15.8. The fourth-order valence-corrected chi connectivity index (χ4v) is 6.63. The molecule has 154 valence electrons. The number of sulfonamides is 1. The first kappa shape index (κ1) is 20.1. The molecule has 3 aromatic heterocycles. The van der Waals surface area contributed by atoms with Crippen molar-refractivity contribution < 1.29 is 8.42 Å². The van der Waals surface area contributed by atoms with Crippen molar-refractivity contribution in [3.05, 3.63) is 52.8 Å². The largest absolute Gasteiger partial charge is 0.366 e. The van der Waals surface area contributed by atoms with Gasteiger partial charge in [-0.1, -0.05) is 13.0 Å². The van der Waals surface area contributed by atoms with Gasteiger partial charge in [0.1, 0.15) is 4.21 Å². The van der Waals surface area contributed by atoms with Gasteiger partial charge in [0, 0.05) is 37.3 Å². The summed E-state index contributed by atoms with van der Waals surface area (Å²) in [6, 6.07) is 9.39. The van der Waals surface area contributed by atoms with Gasteiger partial charge in [-0.05, 0) is 44.5 Å². The van der Waals surface area contributed by atoms with Gasteiger partial charge in [-0.25, -0.2) is 18.1 Å². The third-order valence-electron chi connectivity index (χ3n) is 5.25. The average Bonchev–Trinajstić information content (AvgIpc) is 3.34. The van der Waals surface area contributed by atoms with Crippen LogP contribution in [0.5, 0.6) is 0 Å². The van der Waals surface area contributed by atoms with E-state index in [9.17, 15) is 8.42 Å². The van der Waals surface area contributed by atoms with E-state index in [1.807, 2.05) is 49.7 Å². The number of hydrogen-bond donors (Lipinski definition) is 0. The van der Waals surface area contributed by atoms with Crippen molar-refractivity contribution in [3.8, 4) is 5.82 Å². The highest BCUT2D eigenvalue weighted by Crippen LogP contribution is 2.30. The number of aromatic nitrogens is 3. The maximum atomic E-state index is 13.0. The van der Waals surface area contributed by atoms with Gasteiger partial charge in [-0.15, -0.1) is 11.3 Å². The second-order valence-corrected chi connectivity index (χ2v) is 10.4. The Morgan fingerprint density at radius 1 is 1.07 bits per heavy atom. The molecule has 0 amide bonds. The zero-order valence-corrected chi connectivity index (χ0v) is 18.5. The van der Waals surface area contributed by atoms with Crippen molar-refractivity contribution >= 4 is 27.0 Å². The van der Waals surface area contributed by atoms with E-state index < -0.39 is 10.0 Å². The standard InChI is InChI=1S/C20H25N5O2S2/c1-4-17-8-9-19(28-17)29(26,27)24-13-11-23(12-14-24)20-15(2)22-25(16(20)3)18-7-5-6-10-21-18/h5-10H,4,11-14H2,1-3H3. The predicted molar refractivity (Wildman–Crippen MR) is 116 cm³/mol. The minimum absolute atomic E-state index is 0.443. The van der Waals surface area contributed by atoms with Crippen LogP contribution in [0.4, 0.5) is 5.69 Å². The Morgan fingerprint density at radius 3 is 2.45 bits per heavy atom. The van der Waals surface area contributed by atoms with E-state index in [-0.39, 0.29) is 0 Å². The molecule has 3 aromatic rings. The first-order chi connectivity index (χ1) is 13.9. The topological polar surface area (TPSA) is 71.3 Å². The molecule has 0 unspecified atom stereocenters. The number of thiophene rings is 1. The summed E-state index contributed by atoms with van der Waals surface area (Å²) in [6.07, 6.45) is 2.61. The lowest BCUT2D eigenvalue weighted by molar-refractivity contribution is 0.385. The summed E-state index contributed by atoms with van der Waals surface area (Å²) in [7, 11) is -3.42. The molecule has 0 aromatic carbocycles. The lowest BCUT2D eigenvalue weighted by Crippen LogP contribution is -2.48. The van der Waals surface area contributed by atoms with E-state index >= 15 is 0 Å². The molecule has 4 heterocycles. The predicted octanol–water partition coefficient (Wildman–Crippen LogP) is 3.02. The Balaban J connectivity index is 1.52. The van der Waals surface area contributed by atoms with Crippen molar-refractivity contribution in [1.29, 1.82) is 0 Å². The Hall–Kier alpha value is -2.23. The molecule has 0 spiro atoms. The van der Waals surface area contributed by atoms with Crippen LogP contribution in [0.25, 0.3) is 5.82 Å². The molecular formula is C20H25N5O2S2. The van der Waals surface area contributed by atoms with Gasteiger partial charge in [0.2, 0.25) is 0 Å². The van der Waals surface area contributed by atoms with E-state index in [0.29, 0.717) is 30.4 Å². The van der Waals surface area contributed by atoms with Gasteiger partial charge < -0.3 is 4.90 Å². The molecule has 0 aliphatic carbocycles. The summed E-state index contributed by atoms with van der Waals surface area (Å²) in [5.74, 6) is 0.782. The quantitative estimate of drug-likeness (QED) is 0.621. The maximum Gasteiger partial charge on any atom is 0.252 e. The van der Waals surface area contributed by atoms with Crippen LogP contribution in [0.2, 0.25) is 0 Å². The van der Waals surface area contributed by atoms with Crippen LogP contribution < -0.4 is 4.90 Å². The molecule has 0 bridgehead atoms. The minimum atomic E-state index is -3.42. The second kappa shape index (κ2) is 7.89. The summed E-state index contributed by atoms with van der Waals surface area (Å²) in [6.45, 7) is 8.27. The molecular weight excluding hydrogens is 406 g/mol. The monoisotopic (exact) mass is 431 g/mol. The van der Waals surface area contributed by atoms with Crippen LogP contribution in [0.3, 0.4) is 0 Å². The number of hydrogen-bond acceptors (Lipinski definition) is 6. The van der Waals surface area contributed by atoms with Gasteiger partial charge in [0.15, 0.2) is 5.82 Å². The van der Waals surface area contributed by atoms with E-state index in [2.05, 4.69) is 15.0 Å². The maximum absolute atomic E-state index is 13.0. The number of pyridine rings is 1. The molecule has 1 fully saturated rings. The molecule has 9 heteroatoms. The van der Waals surface area contributed by atoms with Crippen LogP contribution in [0, 0.1) is 13.8 Å². The van der Waals surface area contributed by atoms with Crippen LogP contribution in [0.1, 0.15) is 23.2 Å². The second-order valence-electron chi connectivity index (χ2n) is 7.08. The fraction of sp³-hybridized carbons (Fsp3) is 0.400. The van der Waals surface area contributed by atoms with Gasteiger partial charge >= 0.3 is 0 Å². The van der Waals surface area contributed by atoms with Crippen molar-refractivity contribution in [1.82, 2.24) is 19.1 Å². The fourth-order valence-electron chi connectivity index (χ4n) is 3.76. The molecule has 1 aliphatic heterocycles. The lowest BCUT2D eigenvalue weighted by atomic mass is 10.2. The highest BCUT2D eigenvalue weighted by Gasteiger charge is 2.31. The van der Waals surface area contributed by atoms with Crippen molar-refractivity contribution in [3.63, 3.8) is 0 Å². The first-order valence-electron chi connectivity index (χ1n) is 9.73. The summed E-state index contributed by atoms with van der Waals surface area (Å²) in [5, 5.41) is 4.67. The molecule has 0 atom stereocenters. The van der Waals surface area contributed by atoms with E-state index in [0.717, 1.165) is 34.2 Å². The third kappa shape index (κ3) is 3.70. The van der Waals surface area contributed by atoms with Crippen LogP contribution in [-0.4, -0.2) is 53.7 Å². The van der Waals surface area contributed by atoms with E-state index in [1.54, 1.807) is 16.6 Å². The number of piperazine rings is 1. The zero-order chi connectivity index (χ0) is 20.6. The summed E-state index contributed by atoms with van der Waals surface area (Å²) >= 11 is 1.37. The van der Waals surface area contributed by atoms with Gasteiger partial charge in [0.25, 0.3) is 10.0 Å². The molecule has 1 aliphatic rings. The molecule has 0 N–H and O–H groups in total. The summed E-state index contributed by atoms with van der Waals surface area (Å²) in [4.78, 5) is 7.72. The van der Waals surface area contributed by atoms with Crippen LogP contribution in [0.15, 0.2) is 40.7 Å². The Kier molecular flexibility index (Phi) is 5.46. The van der Waals surface area contributed by atoms with Gasteiger partial charge in [0.05, 0.1) is 17.1 Å². The molecule has 4 rings (SSSR count). The first-order valence-corrected chi connectivity index (χ1v) is 12.0. The van der Waals surface area contributed by atoms with Crippen molar-refractivity contribution in [2.24, 2.45) is 0 Å². The lowest BCUT2D eigenvalue weighted by Gasteiger charge is -2.35. The zero-order valence-electron chi connectivity index (χ0n) is 16.9. The van der Waals surface area contributed by atoms with E-state index in [4.69, 9.17) is 0 Å².